The summed E-state index contributed by atoms with van der Waals surface area (Å²) in [5, 5.41) is 11.5. The summed E-state index contributed by atoms with van der Waals surface area (Å²) in [6.07, 6.45) is 0. The molecule has 0 saturated carbocycles. The Hall–Kier alpha value is -1.51. The van der Waals surface area contributed by atoms with Crippen LogP contribution in [0.5, 0.6) is 0 Å². The van der Waals surface area contributed by atoms with Gasteiger partial charge in [-0.2, -0.15) is 0 Å². The zero-order valence-electron chi connectivity index (χ0n) is 11.0. The van der Waals surface area contributed by atoms with Crippen LogP contribution in [0.2, 0.25) is 0 Å². The number of rotatable bonds is 4. The maximum absolute atomic E-state index is 13.6. The van der Waals surface area contributed by atoms with Crippen LogP contribution < -0.4 is 5.32 Å². The van der Waals surface area contributed by atoms with Crippen LogP contribution in [-0.2, 0) is 14.3 Å². The van der Waals surface area contributed by atoms with Gasteiger partial charge in [-0.15, -0.1) is 0 Å². The van der Waals surface area contributed by atoms with Crippen LogP contribution in [0.3, 0.4) is 0 Å². The minimum Gasteiger partial charge on any atom is -0.480 e. The summed E-state index contributed by atoms with van der Waals surface area (Å²) >= 11 is 3.13. The van der Waals surface area contributed by atoms with E-state index in [-0.39, 0.29) is 18.8 Å². The molecule has 2 rings (SSSR count). The molecular weight excluding hydrogens is 347 g/mol. The standard InChI is InChI=1S/C13H14BrFN2O4/c14-8-1-2-10(9(15)5-8)16-12(18)6-17-3-4-21-7-11(17)13(19)20/h1-2,5,11H,3-4,6-7H2,(H,16,18)(H,19,20). The molecule has 1 aliphatic heterocycles. The minimum atomic E-state index is -1.04. The number of benzene rings is 1. The average molecular weight is 361 g/mol. The Balaban J connectivity index is 1.98. The Labute approximate surface area is 129 Å². The lowest BCUT2D eigenvalue weighted by molar-refractivity contribution is -0.150. The highest BCUT2D eigenvalue weighted by atomic mass is 79.9. The van der Waals surface area contributed by atoms with E-state index in [1.807, 2.05) is 0 Å². The van der Waals surface area contributed by atoms with Crippen molar-refractivity contribution >= 4 is 33.5 Å². The second kappa shape index (κ2) is 6.97. The number of hydrogen-bond acceptors (Lipinski definition) is 4. The lowest BCUT2D eigenvalue weighted by atomic mass is 10.2. The van der Waals surface area contributed by atoms with E-state index in [0.717, 1.165) is 0 Å². The summed E-state index contributed by atoms with van der Waals surface area (Å²) in [4.78, 5) is 24.5. The van der Waals surface area contributed by atoms with E-state index in [1.165, 1.54) is 17.0 Å². The van der Waals surface area contributed by atoms with Gasteiger partial charge in [0.2, 0.25) is 5.91 Å². The molecule has 8 heteroatoms. The largest absolute Gasteiger partial charge is 0.480 e. The van der Waals surface area contributed by atoms with Crippen LogP contribution >= 0.6 is 15.9 Å². The smallest absolute Gasteiger partial charge is 0.323 e. The number of morpholine rings is 1. The zero-order valence-corrected chi connectivity index (χ0v) is 12.6. The lowest BCUT2D eigenvalue weighted by Crippen LogP contribution is -2.52. The van der Waals surface area contributed by atoms with Gasteiger partial charge >= 0.3 is 5.97 Å². The highest BCUT2D eigenvalue weighted by molar-refractivity contribution is 9.10. The number of hydrogen-bond donors (Lipinski definition) is 2. The normalized spacial score (nSPS) is 19.2. The first kappa shape index (κ1) is 15.9. The van der Waals surface area contributed by atoms with Gasteiger partial charge in [-0.3, -0.25) is 14.5 Å². The van der Waals surface area contributed by atoms with Crippen molar-refractivity contribution in [2.75, 3.05) is 31.6 Å². The molecular formula is C13H14BrFN2O4. The van der Waals surface area contributed by atoms with Crippen LogP contribution in [0.1, 0.15) is 0 Å². The Morgan fingerprint density at radius 3 is 2.95 bits per heavy atom. The van der Waals surface area contributed by atoms with E-state index in [9.17, 15) is 14.0 Å². The van der Waals surface area contributed by atoms with Crippen molar-refractivity contribution in [3.05, 3.63) is 28.5 Å². The van der Waals surface area contributed by atoms with E-state index in [2.05, 4.69) is 21.2 Å². The molecule has 1 fully saturated rings. The number of amides is 1. The maximum Gasteiger partial charge on any atom is 0.323 e. The Morgan fingerprint density at radius 1 is 1.52 bits per heavy atom. The van der Waals surface area contributed by atoms with Crippen molar-refractivity contribution in [1.82, 2.24) is 4.90 Å². The first-order valence-electron chi connectivity index (χ1n) is 6.27. The number of halogens is 2. The van der Waals surface area contributed by atoms with Crippen LogP contribution in [0, 0.1) is 5.82 Å². The summed E-state index contributed by atoms with van der Waals surface area (Å²) in [6.45, 7) is 0.613. The fourth-order valence-corrected chi connectivity index (χ4v) is 2.35. The van der Waals surface area contributed by atoms with Crippen LogP contribution in [-0.4, -0.2) is 54.2 Å². The van der Waals surface area contributed by atoms with Crippen LogP contribution in [0.25, 0.3) is 0 Å². The molecule has 0 aliphatic carbocycles. The van der Waals surface area contributed by atoms with Crippen molar-refractivity contribution in [2.45, 2.75) is 6.04 Å². The highest BCUT2D eigenvalue weighted by Crippen LogP contribution is 2.19. The predicted molar refractivity (Wildman–Crippen MR) is 76.5 cm³/mol. The fraction of sp³-hybridized carbons (Fsp3) is 0.385. The monoisotopic (exact) mass is 360 g/mol. The molecule has 0 aromatic heterocycles. The number of anilines is 1. The molecule has 21 heavy (non-hydrogen) atoms. The van der Waals surface area contributed by atoms with Crippen molar-refractivity contribution in [2.24, 2.45) is 0 Å². The zero-order chi connectivity index (χ0) is 15.4. The Morgan fingerprint density at radius 2 is 2.29 bits per heavy atom. The molecule has 1 aromatic rings. The van der Waals surface area contributed by atoms with E-state index >= 15 is 0 Å². The summed E-state index contributed by atoms with van der Waals surface area (Å²) < 4.78 is 19.3. The average Bonchev–Trinajstić information content (AvgIpc) is 2.42. The molecule has 0 spiro atoms. The van der Waals surface area contributed by atoms with Gasteiger partial charge in [0.05, 0.1) is 25.4 Å². The quantitative estimate of drug-likeness (QED) is 0.846. The van der Waals surface area contributed by atoms with Crippen LogP contribution in [0.15, 0.2) is 22.7 Å². The molecule has 1 unspecified atom stereocenters. The van der Waals surface area contributed by atoms with Gasteiger partial charge in [-0.1, -0.05) is 15.9 Å². The highest BCUT2D eigenvalue weighted by Gasteiger charge is 2.30. The number of ether oxygens (including phenoxy) is 1. The molecule has 0 bridgehead atoms. The van der Waals surface area contributed by atoms with Crippen molar-refractivity contribution in [1.29, 1.82) is 0 Å². The van der Waals surface area contributed by atoms with Crippen molar-refractivity contribution in [3.8, 4) is 0 Å². The third-order valence-corrected chi connectivity index (χ3v) is 3.57. The molecule has 1 aromatic carbocycles. The van der Waals surface area contributed by atoms with Gasteiger partial charge in [0, 0.05) is 11.0 Å². The first-order chi connectivity index (χ1) is 9.97. The summed E-state index contributed by atoms with van der Waals surface area (Å²) in [5.41, 5.74) is 0.0586. The summed E-state index contributed by atoms with van der Waals surface area (Å²) in [6, 6.07) is 3.42. The van der Waals surface area contributed by atoms with E-state index in [4.69, 9.17) is 9.84 Å². The third-order valence-electron chi connectivity index (χ3n) is 3.08. The van der Waals surface area contributed by atoms with Gasteiger partial charge < -0.3 is 15.2 Å². The topological polar surface area (TPSA) is 78.9 Å². The van der Waals surface area contributed by atoms with E-state index < -0.39 is 23.7 Å². The molecule has 6 nitrogen and oxygen atoms in total. The molecule has 1 saturated heterocycles. The van der Waals surface area contributed by atoms with Gasteiger partial charge in [0.25, 0.3) is 0 Å². The number of nitrogens with one attached hydrogen (secondary N) is 1. The predicted octanol–water partition coefficient (Wildman–Crippen LogP) is 1.31. The third kappa shape index (κ3) is 4.23. The number of carboxylic acid groups (broad SMARTS) is 1. The fourth-order valence-electron chi connectivity index (χ4n) is 2.02. The molecule has 1 atom stereocenters. The molecule has 0 radical (unpaired) electrons. The molecule has 1 heterocycles. The molecule has 2 N–H and O–H groups in total. The second-order valence-electron chi connectivity index (χ2n) is 4.57. The Bertz CT molecular complexity index is 555. The van der Waals surface area contributed by atoms with Gasteiger partial charge in [0.1, 0.15) is 11.9 Å². The number of carbonyl (C=O) groups excluding carboxylic acids is 1. The van der Waals surface area contributed by atoms with Crippen molar-refractivity contribution < 1.29 is 23.8 Å². The number of carbonyl (C=O) groups is 2. The van der Waals surface area contributed by atoms with Gasteiger partial charge in [-0.05, 0) is 18.2 Å². The lowest BCUT2D eigenvalue weighted by Gasteiger charge is -2.32. The van der Waals surface area contributed by atoms with Crippen molar-refractivity contribution in [3.63, 3.8) is 0 Å². The van der Waals surface area contributed by atoms with Gasteiger partial charge in [0.15, 0.2) is 0 Å². The SMILES string of the molecule is O=C(CN1CCOCC1C(=O)O)Nc1ccc(Br)cc1F. The van der Waals surface area contributed by atoms with E-state index in [0.29, 0.717) is 17.6 Å². The minimum absolute atomic E-state index is 0.0370. The molecule has 1 amide bonds. The molecule has 1 aliphatic rings. The number of carboxylic acids is 1. The summed E-state index contributed by atoms with van der Waals surface area (Å²) in [5.74, 6) is -2.07. The second-order valence-corrected chi connectivity index (χ2v) is 5.49. The number of nitrogens with zero attached hydrogens (tertiary/aromatic N) is 1. The summed E-state index contributed by atoms with van der Waals surface area (Å²) in [7, 11) is 0. The maximum atomic E-state index is 13.6. The molecule has 114 valence electrons. The first-order valence-corrected chi connectivity index (χ1v) is 7.06. The van der Waals surface area contributed by atoms with Gasteiger partial charge in [-0.25, -0.2) is 4.39 Å². The van der Waals surface area contributed by atoms with Crippen LogP contribution in [0.4, 0.5) is 10.1 Å². The van der Waals surface area contributed by atoms with E-state index in [1.54, 1.807) is 6.07 Å². The Kier molecular flexibility index (Phi) is 5.27. The number of aliphatic carboxylic acids is 1.